The van der Waals surface area contributed by atoms with Crippen LogP contribution in [0.15, 0.2) is 25.2 Å². The van der Waals surface area contributed by atoms with Crippen LogP contribution in [0.1, 0.15) is 12.6 Å². The van der Waals surface area contributed by atoms with E-state index in [2.05, 4.69) is 11.6 Å². The first kappa shape index (κ1) is 16.7. The Labute approximate surface area is 115 Å². The maximum Gasteiger partial charge on any atom is 0.397 e. The van der Waals surface area contributed by atoms with Gasteiger partial charge in [-0.1, -0.05) is 6.08 Å². The van der Waals surface area contributed by atoms with Crippen molar-refractivity contribution < 1.29 is 21.6 Å². The predicted molar refractivity (Wildman–Crippen MR) is 68.3 cm³/mol. The van der Waals surface area contributed by atoms with Crippen LogP contribution in [0.4, 0.5) is 13.2 Å². The van der Waals surface area contributed by atoms with E-state index in [0.717, 1.165) is 33.8 Å². The van der Waals surface area contributed by atoms with Gasteiger partial charge in [-0.3, -0.25) is 0 Å². The third-order valence-corrected chi connectivity index (χ3v) is 4.64. The second kappa shape index (κ2) is 5.21. The van der Waals surface area contributed by atoms with Gasteiger partial charge in [-0.2, -0.15) is 25.9 Å². The number of aromatic nitrogens is 2. The summed E-state index contributed by atoms with van der Waals surface area (Å²) in [6.07, 6.45) is -2.12. The molecule has 1 heterocycles. The van der Waals surface area contributed by atoms with Crippen molar-refractivity contribution in [1.29, 1.82) is 0 Å². The number of hydrogen-bond donors (Lipinski definition) is 0. The smallest absolute Gasteiger partial charge is 0.241 e. The van der Waals surface area contributed by atoms with Crippen molar-refractivity contribution in [1.82, 2.24) is 13.3 Å². The van der Waals surface area contributed by atoms with Crippen molar-refractivity contribution in [3.05, 3.63) is 30.9 Å². The monoisotopic (exact) mass is 311 g/mol. The Morgan fingerprint density at radius 2 is 2.00 bits per heavy atom. The highest BCUT2D eigenvalue weighted by molar-refractivity contribution is 7.87. The standard InChI is InChI=1S/C11H16F3N3O2S/c1-5-10(2,11(12,13)14)6-9-7-17(8-15-9)20(18,19)16(3)4/h5,7-8H,1,6H2,2-4H3. The largest absolute Gasteiger partial charge is 0.397 e. The van der Waals surface area contributed by atoms with Crippen LogP contribution in [0.5, 0.6) is 0 Å². The van der Waals surface area contributed by atoms with E-state index in [1.54, 1.807) is 0 Å². The van der Waals surface area contributed by atoms with Gasteiger partial charge in [0.15, 0.2) is 0 Å². The molecule has 0 spiro atoms. The summed E-state index contributed by atoms with van der Waals surface area (Å²) in [6.45, 7) is 4.18. The van der Waals surface area contributed by atoms with Crippen molar-refractivity contribution in [3.63, 3.8) is 0 Å². The van der Waals surface area contributed by atoms with Gasteiger partial charge >= 0.3 is 16.4 Å². The van der Waals surface area contributed by atoms with E-state index in [-0.39, 0.29) is 5.69 Å². The predicted octanol–water partition coefficient (Wildman–Crippen LogP) is 1.83. The Balaban J connectivity index is 3.09. The minimum absolute atomic E-state index is 0.0233. The first-order chi connectivity index (χ1) is 8.94. The zero-order chi connectivity index (χ0) is 15.8. The van der Waals surface area contributed by atoms with Gasteiger partial charge in [0, 0.05) is 26.7 Å². The molecule has 0 aliphatic heterocycles. The van der Waals surface area contributed by atoms with E-state index in [0.29, 0.717) is 0 Å². The number of nitrogens with zero attached hydrogens (tertiary/aromatic N) is 3. The second-order valence-corrected chi connectivity index (χ2v) is 6.83. The summed E-state index contributed by atoms with van der Waals surface area (Å²) in [4.78, 5) is 3.72. The molecule has 1 aromatic heterocycles. The number of imidazole rings is 1. The minimum atomic E-state index is -4.49. The summed E-state index contributed by atoms with van der Waals surface area (Å²) >= 11 is 0. The molecular weight excluding hydrogens is 295 g/mol. The van der Waals surface area contributed by atoms with Crippen LogP contribution in [0.25, 0.3) is 0 Å². The molecule has 9 heteroatoms. The zero-order valence-corrected chi connectivity index (χ0v) is 12.2. The van der Waals surface area contributed by atoms with E-state index in [1.165, 1.54) is 14.1 Å². The number of halogens is 3. The Hall–Kier alpha value is -1.35. The molecule has 0 aliphatic rings. The summed E-state index contributed by atoms with van der Waals surface area (Å²) in [5.74, 6) is 0. The average molecular weight is 311 g/mol. The summed E-state index contributed by atoms with van der Waals surface area (Å²) in [7, 11) is -1.14. The van der Waals surface area contributed by atoms with Crippen molar-refractivity contribution in [2.45, 2.75) is 19.5 Å². The van der Waals surface area contributed by atoms with Gasteiger partial charge in [0.25, 0.3) is 0 Å². The van der Waals surface area contributed by atoms with Gasteiger partial charge in [0.05, 0.1) is 11.1 Å². The lowest BCUT2D eigenvalue weighted by atomic mass is 9.85. The molecule has 1 atom stereocenters. The molecule has 0 saturated heterocycles. The summed E-state index contributed by atoms with van der Waals surface area (Å²) < 4.78 is 64.1. The van der Waals surface area contributed by atoms with Gasteiger partial charge in [0.1, 0.15) is 6.33 Å². The summed E-state index contributed by atoms with van der Waals surface area (Å²) in [5, 5.41) is 0. The van der Waals surface area contributed by atoms with Crippen LogP contribution >= 0.6 is 0 Å². The molecular formula is C11H16F3N3O2S. The van der Waals surface area contributed by atoms with Crippen molar-refractivity contribution >= 4 is 10.2 Å². The molecule has 0 N–H and O–H groups in total. The average Bonchev–Trinajstić information content (AvgIpc) is 2.76. The van der Waals surface area contributed by atoms with Gasteiger partial charge < -0.3 is 0 Å². The van der Waals surface area contributed by atoms with Gasteiger partial charge in [-0.25, -0.2) is 8.96 Å². The van der Waals surface area contributed by atoms with E-state index in [9.17, 15) is 21.6 Å². The zero-order valence-electron chi connectivity index (χ0n) is 11.3. The number of rotatable bonds is 5. The van der Waals surface area contributed by atoms with Crippen LogP contribution < -0.4 is 0 Å². The molecule has 0 saturated carbocycles. The lowest BCUT2D eigenvalue weighted by molar-refractivity contribution is -0.199. The van der Waals surface area contributed by atoms with Crippen LogP contribution in [0.2, 0.25) is 0 Å². The molecule has 0 radical (unpaired) electrons. The summed E-state index contributed by atoms with van der Waals surface area (Å²) in [6, 6.07) is 0. The van der Waals surface area contributed by atoms with Crippen LogP contribution in [-0.4, -0.2) is 42.0 Å². The molecule has 0 bridgehead atoms. The lowest BCUT2D eigenvalue weighted by Crippen LogP contribution is -2.35. The molecule has 1 unspecified atom stereocenters. The third kappa shape index (κ3) is 3.04. The lowest BCUT2D eigenvalue weighted by Gasteiger charge is -2.27. The highest BCUT2D eigenvalue weighted by Gasteiger charge is 2.49. The quantitative estimate of drug-likeness (QED) is 0.780. The molecule has 1 aromatic rings. The third-order valence-electron chi connectivity index (χ3n) is 2.99. The Morgan fingerprint density at radius 1 is 1.45 bits per heavy atom. The molecule has 0 aliphatic carbocycles. The Bertz CT molecular complexity index is 592. The van der Waals surface area contributed by atoms with Gasteiger partial charge in [-0.05, 0) is 6.92 Å². The molecule has 1 rings (SSSR count). The first-order valence-corrected chi connectivity index (χ1v) is 7.00. The van der Waals surface area contributed by atoms with Crippen LogP contribution in [-0.2, 0) is 16.6 Å². The molecule has 5 nitrogen and oxygen atoms in total. The fourth-order valence-corrected chi connectivity index (χ4v) is 2.21. The van der Waals surface area contributed by atoms with E-state index in [1.807, 2.05) is 0 Å². The van der Waals surface area contributed by atoms with E-state index in [4.69, 9.17) is 0 Å². The van der Waals surface area contributed by atoms with Crippen LogP contribution in [0.3, 0.4) is 0 Å². The normalized spacial score (nSPS) is 16.1. The van der Waals surface area contributed by atoms with E-state index < -0.39 is 28.2 Å². The van der Waals surface area contributed by atoms with Gasteiger partial charge in [0.2, 0.25) is 0 Å². The van der Waals surface area contributed by atoms with E-state index >= 15 is 0 Å². The maximum absolute atomic E-state index is 12.9. The Morgan fingerprint density at radius 3 is 2.40 bits per heavy atom. The fraction of sp³-hybridized carbons (Fsp3) is 0.545. The molecule has 20 heavy (non-hydrogen) atoms. The molecule has 0 amide bonds. The second-order valence-electron chi connectivity index (χ2n) is 4.78. The SMILES string of the molecule is C=CC(C)(Cc1cn(S(=O)(=O)N(C)C)cn1)C(F)(F)F. The highest BCUT2D eigenvalue weighted by Crippen LogP contribution is 2.41. The number of alkyl halides is 3. The number of allylic oxidation sites excluding steroid dienone is 1. The van der Waals surface area contributed by atoms with Crippen molar-refractivity contribution in [2.75, 3.05) is 14.1 Å². The van der Waals surface area contributed by atoms with Crippen molar-refractivity contribution in [2.24, 2.45) is 5.41 Å². The number of hydrogen-bond acceptors (Lipinski definition) is 3. The maximum atomic E-state index is 12.9. The van der Waals surface area contributed by atoms with Gasteiger partial charge in [-0.15, -0.1) is 6.58 Å². The fourth-order valence-electron chi connectivity index (χ4n) is 1.41. The van der Waals surface area contributed by atoms with Crippen molar-refractivity contribution in [3.8, 4) is 0 Å². The minimum Gasteiger partial charge on any atom is -0.241 e. The summed E-state index contributed by atoms with van der Waals surface area (Å²) in [5.41, 5.74) is -2.14. The van der Waals surface area contributed by atoms with Crippen LogP contribution in [0, 0.1) is 5.41 Å². The molecule has 0 aromatic carbocycles. The first-order valence-electron chi connectivity index (χ1n) is 5.60. The molecule has 0 fully saturated rings. The Kier molecular flexibility index (Phi) is 4.35. The molecule has 114 valence electrons. The topological polar surface area (TPSA) is 55.2 Å². The highest BCUT2D eigenvalue weighted by atomic mass is 32.2.